The summed E-state index contributed by atoms with van der Waals surface area (Å²) in [5.74, 6) is 1.62. The average Bonchev–Trinajstić information content (AvgIpc) is 2.64. The van der Waals surface area contributed by atoms with Crippen LogP contribution in [0.15, 0.2) is 29.3 Å². The van der Waals surface area contributed by atoms with Crippen LogP contribution in [-0.2, 0) is 20.8 Å². The Morgan fingerprint density at radius 1 is 0.923 bits per heavy atom. The third-order valence-electron chi connectivity index (χ3n) is 3.35. The van der Waals surface area contributed by atoms with E-state index in [2.05, 4.69) is 15.6 Å². The molecule has 0 spiro atoms. The van der Waals surface area contributed by atoms with Crippen LogP contribution in [0.3, 0.4) is 0 Å². The quantitative estimate of drug-likeness (QED) is 0.195. The molecule has 0 aromatic heterocycles. The predicted octanol–water partition coefficient (Wildman–Crippen LogP) is 2.05. The molecule has 1 rings (SSSR count). The molecule has 0 aliphatic rings. The van der Waals surface area contributed by atoms with Crippen molar-refractivity contribution in [2.24, 2.45) is 4.99 Å². The summed E-state index contributed by atoms with van der Waals surface area (Å²) >= 11 is 0. The summed E-state index contributed by atoms with van der Waals surface area (Å²) in [6.45, 7) is 4.61. The molecule has 1 aromatic carbocycles. The van der Waals surface area contributed by atoms with Crippen LogP contribution in [0.4, 0.5) is 0 Å². The molecule has 150 valence electrons. The number of halogens is 1. The Balaban J connectivity index is 0.00000625. The maximum Gasteiger partial charge on any atom is 0.191 e. The molecule has 0 aliphatic heterocycles. The van der Waals surface area contributed by atoms with Gasteiger partial charge in [0, 0.05) is 41.0 Å². The number of aliphatic imine (C=N–C) groups is 1. The highest BCUT2D eigenvalue weighted by Crippen LogP contribution is 2.11. The van der Waals surface area contributed by atoms with E-state index in [9.17, 15) is 0 Å². The molecular formula is C18H32IN3O4. The van der Waals surface area contributed by atoms with Crippen molar-refractivity contribution in [3.05, 3.63) is 29.8 Å². The van der Waals surface area contributed by atoms with Crippen LogP contribution in [0.5, 0.6) is 5.75 Å². The van der Waals surface area contributed by atoms with Crippen LogP contribution in [0.25, 0.3) is 0 Å². The lowest BCUT2D eigenvalue weighted by Crippen LogP contribution is -2.37. The van der Waals surface area contributed by atoms with Gasteiger partial charge in [-0.15, -0.1) is 24.0 Å². The highest BCUT2D eigenvalue weighted by Gasteiger charge is 1.99. The van der Waals surface area contributed by atoms with E-state index in [0.717, 1.165) is 30.2 Å². The maximum atomic E-state index is 5.55. The summed E-state index contributed by atoms with van der Waals surface area (Å²) in [4.78, 5) is 4.21. The first-order valence-electron chi connectivity index (χ1n) is 8.52. The number of rotatable bonds is 13. The van der Waals surface area contributed by atoms with E-state index in [1.807, 2.05) is 24.3 Å². The molecule has 0 amide bonds. The molecule has 0 aliphatic carbocycles. The summed E-state index contributed by atoms with van der Waals surface area (Å²) in [5.41, 5.74) is 1.16. The van der Waals surface area contributed by atoms with Crippen LogP contribution in [0.2, 0.25) is 0 Å². The van der Waals surface area contributed by atoms with Crippen molar-refractivity contribution in [3.8, 4) is 5.75 Å². The van der Waals surface area contributed by atoms with Crippen molar-refractivity contribution in [2.45, 2.75) is 13.0 Å². The first-order chi connectivity index (χ1) is 12.3. The summed E-state index contributed by atoms with van der Waals surface area (Å²) in [5, 5.41) is 6.55. The molecule has 0 radical (unpaired) electrons. The molecular weight excluding hydrogens is 449 g/mol. The summed E-state index contributed by atoms with van der Waals surface area (Å²) in [7, 11) is 5.09. The monoisotopic (exact) mass is 481 g/mol. The number of nitrogens with one attached hydrogen (secondary N) is 2. The third-order valence-corrected chi connectivity index (χ3v) is 3.35. The standard InChI is InChI=1S/C18H31N3O4.HI/c1-19-18(20-9-4-10-24-13-11-22-2)21-15-16-5-7-17(8-6-16)25-14-12-23-3;/h5-8H,4,9-15H2,1-3H3,(H2,19,20,21);1H. The van der Waals surface area contributed by atoms with Gasteiger partial charge in [-0.25, -0.2) is 0 Å². The van der Waals surface area contributed by atoms with Gasteiger partial charge in [0.05, 0.1) is 19.8 Å². The maximum absolute atomic E-state index is 5.55. The smallest absolute Gasteiger partial charge is 0.191 e. The minimum Gasteiger partial charge on any atom is -0.491 e. The highest BCUT2D eigenvalue weighted by molar-refractivity contribution is 14.0. The van der Waals surface area contributed by atoms with E-state index in [1.165, 1.54) is 0 Å². The van der Waals surface area contributed by atoms with Gasteiger partial charge < -0.3 is 29.6 Å². The second-order valence-electron chi connectivity index (χ2n) is 5.30. The lowest BCUT2D eigenvalue weighted by atomic mass is 10.2. The zero-order chi connectivity index (χ0) is 18.2. The van der Waals surface area contributed by atoms with Crippen LogP contribution in [-0.4, -0.2) is 66.8 Å². The van der Waals surface area contributed by atoms with Gasteiger partial charge in [-0.1, -0.05) is 12.1 Å². The molecule has 7 nitrogen and oxygen atoms in total. The highest BCUT2D eigenvalue weighted by atomic mass is 127. The van der Waals surface area contributed by atoms with Gasteiger partial charge in [-0.2, -0.15) is 0 Å². The Kier molecular flexibility index (Phi) is 16.6. The van der Waals surface area contributed by atoms with Crippen molar-refractivity contribution < 1.29 is 18.9 Å². The van der Waals surface area contributed by atoms with E-state index in [1.54, 1.807) is 21.3 Å². The number of hydrogen-bond acceptors (Lipinski definition) is 5. The number of nitrogens with zero attached hydrogens (tertiary/aromatic N) is 1. The Hall–Kier alpha value is -1.10. The van der Waals surface area contributed by atoms with Crippen LogP contribution in [0.1, 0.15) is 12.0 Å². The minimum absolute atomic E-state index is 0. The molecule has 0 saturated heterocycles. The van der Waals surface area contributed by atoms with E-state index in [0.29, 0.717) is 39.6 Å². The molecule has 8 heteroatoms. The van der Waals surface area contributed by atoms with Gasteiger partial charge in [0.15, 0.2) is 5.96 Å². The number of guanidine groups is 1. The topological polar surface area (TPSA) is 73.3 Å². The summed E-state index contributed by atoms with van der Waals surface area (Å²) < 4.78 is 20.9. The molecule has 26 heavy (non-hydrogen) atoms. The van der Waals surface area contributed by atoms with Gasteiger partial charge in [0.1, 0.15) is 12.4 Å². The largest absolute Gasteiger partial charge is 0.491 e. The van der Waals surface area contributed by atoms with Gasteiger partial charge in [-0.3, -0.25) is 4.99 Å². The van der Waals surface area contributed by atoms with E-state index >= 15 is 0 Å². The number of benzene rings is 1. The Morgan fingerprint density at radius 2 is 1.62 bits per heavy atom. The molecule has 1 aromatic rings. The zero-order valence-corrected chi connectivity index (χ0v) is 18.3. The molecule has 0 heterocycles. The average molecular weight is 481 g/mol. The molecule has 0 fully saturated rings. The first-order valence-corrected chi connectivity index (χ1v) is 8.52. The fraction of sp³-hybridized carbons (Fsp3) is 0.611. The van der Waals surface area contributed by atoms with Crippen LogP contribution < -0.4 is 15.4 Å². The first kappa shape index (κ1) is 24.9. The lowest BCUT2D eigenvalue weighted by Gasteiger charge is -2.12. The minimum atomic E-state index is 0. The predicted molar refractivity (Wildman–Crippen MR) is 115 cm³/mol. The lowest BCUT2D eigenvalue weighted by molar-refractivity contribution is 0.0698. The molecule has 2 N–H and O–H groups in total. The van der Waals surface area contributed by atoms with Crippen LogP contribution in [0, 0.1) is 0 Å². The Bertz CT molecular complexity index is 472. The second kappa shape index (κ2) is 17.3. The van der Waals surface area contributed by atoms with Crippen molar-refractivity contribution in [2.75, 3.05) is 60.8 Å². The van der Waals surface area contributed by atoms with Crippen molar-refractivity contribution in [1.82, 2.24) is 10.6 Å². The van der Waals surface area contributed by atoms with E-state index in [-0.39, 0.29) is 24.0 Å². The molecule has 0 unspecified atom stereocenters. The SMILES string of the molecule is CN=C(NCCCOCCOC)NCc1ccc(OCCOC)cc1.I. The van der Waals surface area contributed by atoms with Crippen molar-refractivity contribution >= 4 is 29.9 Å². The second-order valence-corrected chi connectivity index (χ2v) is 5.30. The van der Waals surface area contributed by atoms with Crippen molar-refractivity contribution in [3.63, 3.8) is 0 Å². The Morgan fingerprint density at radius 3 is 2.27 bits per heavy atom. The third kappa shape index (κ3) is 12.3. The number of hydrogen-bond donors (Lipinski definition) is 2. The van der Waals surface area contributed by atoms with Gasteiger partial charge in [-0.05, 0) is 24.1 Å². The van der Waals surface area contributed by atoms with E-state index in [4.69, 9.17) is 18.9 Å². The van der Waals surface area contributed by atoms with Crippen molar-refractivity contribution in [1.29, 1.82) is 0 Å². The zero-order valence-electron chi connectivity index (χ0n) is 16.0. The fourth-order valence-corrected chi connectivity index (χ4v) is 1.98. The molecule has 0 bridgehead atoms. The van der Waals surface area contributed by atoms with E-state index < -0.39 is 0 Å². The number of methoxy groups -OCH3 is 2. The fourth-order valence-electron chi connectivity index (χ4n) is 1.98. The molecule has 0 saturated carbocycles. The Labute approximate surface area is 173 Å². The van der Waals surface area contributed by atoms with Crippen LogP contribution >= 0.6 is 24.0 Å². The van der Waals surface area contributed by atoms with Gasteiger partial charge >= 0.3 is 0 Å². The summed E-state index contributed by atoms with van der Waals surface area (Å²) in [6, 6.07) is 7.98. The number of ether oxygens (including phenoxy) is 4. The normalized spacial score (nSPS) is 11.0. The molecule has 0 atom stereocenters. The summed E-state index contributed by atoms with van der Waals surface area (Å²) in [6.07, 6.45) is 0.915. The van der Waals surface area contributed by atoms with Gasteiger partial charge in [0.2, 0.25) is 0 Å². The van der Waals surface area contributed by atoms with Gasteiger partial charge in [0.25, 0.3) is 0 Å².